The quantitative estimate of drug-likeness (QED) is 0.890. The number of hydrazine groups is 1. The van der Waals surface area contributed by atoms with Gasteiger partial charge in [0.1, 0.15) is 24.2 Å². The molecule has 1 unspecified atom stereocenters. The van der Waals surface area contributed by atoms with Gasteiger partial charge in [0.05, 0.1) is 11.8 Å². The van der Waals surface area contributed by atoms with Gasteiger partial charge < -0.3 is 10.1 Å². The van der Waals surface area contributed by atoms with Crippen LogP contribution in [0, 0.1) is 11.3 Å². The molecule has 1 atom stereocenters. The summed E-state index contributed by atoms with van der Waals surface area (Å²) in [5.74, 6) is 1.11. The highest BCUT2D eigenvalue weighted by Gasteiger charge is 2.31. The second-order valence-corrected chi connectivity index (χ2v) is 5.94. The topological polar surface area (TPSA) is 77.4 Å². The van der Waals surface area contributed by atoms with Gasteiger partial charge in [0, 0.05) is 6.08 Å². The molecule has 2 aliphatic heterocycles. The van der Waals surface area contributed by atoms with Gasteiger partial charge in [-0.15, -0.1) is 0 Å². The minimum absolute atomic E-state index is 0.216. The van der Waals surface area contributed by atoms with E-state index >= 15 is 0 Å². The number of nitrogens with zero attached hydrogens (tertiary/aromatic N) is 2. The summed E-state index contributed by atoms with van der Waals surface area (Å²) in [4.78, 5) is 12.2. The Balaban J connectivity index is 1.46. The molecule has 0 spiro atoms. The molecule has 2 aliphatic rings. The van der Waals surface area contributed by atoms with Gasteiger partial charge >= 0.3 is 0 Å². The van der Waals surface area contributed by atoms with E-state index in [-0.39, 0.29) is 5.91 Å². The van der Waals surface area contributed by atoms with Crippen LogP contribution in [0.25, 0.3) is 5.70 Å². The fourth-order valence-corrected chi connectivity index (χ4v) is 2.81. The molecule has 0 saturated heterocycles. The number of benzene rings is 2. The van der Waals surface area contributed by atoms with Crippen LogP contribution in [0.3, 0.4) is 0 Å². The van der Waals surface area contributed by atoms with Gasteiger partial charge in [-0.1, -0.05) is 30.3 Å². The summed E-state index contributed by atoms with van der Waals surface area (Å²) >= 11 is 0. The maximum atomic E-state index is 12.2. The molecule has 2 N–H and O–H groups in total. The Morgan fingerprint density at radius 1 is 1.12 bits per heavy atom. The Labute approximate surface area is 151 Å². The smallest absolute Gasteiger partial charge is 0.268 e. The summed E-state index contributed by atoms with van der Waals surface area (Å²) in [5, 5.41) is 13.5. The number of hydrogen-bond donors (Lipinski definition) is 2. The van der Waals surface area contributed by atoms with Crippen molar-refractivity contribution in [1.29, 1.82) is 5.26 Å². The lowest BCUT2D eigenvalue weighted by Crippen LogP contribution is -2.45. The molecule has 0 bridgehead atoms. The van der Waals surface area contributed by atoms with Crippen LogP contribution in [-0.2, 0) is 11.4 Å². The first-order chi connectivity index (χ1) is 12.7. The second-order valence-electron chi connectivity index (χ2n) is 5.94. The molecular formula is C20H16N4O2. The summed E-state index contributed by atoms with van der Waals surface area (Å²) in [5.41, 5.74) is 5.47. The van der Waals surface area contributed by atoms with E-state index in [2.05, 4.69) is 16.8 Å². The average Bonchev–Trinajstić information content (AvgIpc) is 3.12. The zero-order valence-electron chi connectivity index (χ0n) is 13.8. The SMILES string of the molecule is N#CC1C=C2NC(c3ccc(OCc4ccccc4)cc3)=CC(=O)N2N1. The van der Waals surface area contributed by atoms with Crippen molar-refractivity contribution >= 4 is 11.6 Å². The minimum Gasteiger partial charge on any atom is -0.489 e. The number of hydrogen-bond acceptors (Lipinski definition) is 5. The highest BCUT2D eigenvalue weighted by atomic mass is 16.5. The van der Waals surface area contributed by atoms with Gasteiger partial charge in [0.25, 0.3) is 5.91 Å². The monoisotopic (exact) mass is 344 g/mol. The van der Waals surface area contributed by atoms with Gasteiger partial charge in [-0.05, 0) is 41.5 Å². The van der Waals surface area contributed by atoms with Crippen molar-refractivity contribution in [2.75, 3.05) is 0 Å². The maximum Gasteiger partial charge on any atom is 0.268 e. The van der Waals surface area contributed by atoms with Crippen LogP contribution in [-0.4, -0.2) is 17.0 Å². The summed E-state index contributed by atoms with van der Waals surface area (Å²) in [7, 11) is 0. The molecule has 6 heteroatoms. The van der Waals surface area contributed by atoms with E-state index < -0.39 is 6.04 Å². The summed E-state index contributed by atoms with van der Waals surface area (Å²) in [6.07, 6.45) is 3.19. The van der Waals surface area contributed by atoms with E-state index in [4.69, 9.17) is 10.00 Å². The molecule has 128 valence electrons. The van der Waals surface area contributed by atoms with Crippen LogP contribution in [0.5, 0.6) is 5.75 Å². The lowest BCUT2D eigenvalue weighted by Gasteiger charge is -2.26. The largest absolute Gasteiger partial charge is 0.489 e. The summed E-state index contributed by atoms with van der Waals surface area (Å²) < 4.78 is 5.78. The Morgan fingerprint density at radius 3 is 2.62 bits per heavy atom. The predicted octanol–water partition coefficient (Wildman–Crippen LogP) is 2.29. The third-order valence-electron chi connectivity index (χ3n) is 4.14. The number of carbonyl (C=O) groups excluding carboxylic acids is 1. The second kappa shape index (κ2) is 6.75. The first-order valence-corrected chi connectivity index (χ1v) is 8.20. The van der Waals surface area contributed by atoms with Gasteiger partial charge in [-0.2, -0.15) is 5.26 Å². The highest BCUT2D eigenvalue weighted by molar-refractivity contribution is 5.98. The van der Waals surface area contributed by atoms with E-state index in [9.17, 15) is 4.79 Å². The van der Waals surface area contributed by atoms with Crippen LogP contribution in [0.1, 0.15) is 11.1 Å². The zero-order chi connectivity index (χ0) is 17.9. The zero-order valence-corrected chi connectivity index (χ0v) is 13.8. The summed E-state index contributed by atoms with van der Waals surface area (Å²) in [6, 6.07) is 19.1. The Morgan fingerprint density at radius 2 is 1.88 bits per heavy atom. The maximum absolute atomic E-state index is 12.2. The predicted molar refractivity (Wildman–Crippen MR) is 95.8 cm³/mol. The number of rotatable bonds is 4. The lowest BCUT2D eigenvalue weighted by molar-refractivity contribution is -0.126. The fraction of sp³-hybridized carbons (Fsp3) is 0.100. The fourth-order valence-electron chi connectivity index (χ4n) is 2.81. The van der Waals surface area contributed by atoms with E-state index in [0.717, 1.165) is 16.9 Å². The molecule has 0 saturated carbocycles. The van der Waals surface area contributed by atoms with E-state index in [1.165, 1.54) is 11.1 Å². The number of fused-ring (bicyclic) bond motifs is 1. The number of nitrogens with one attached hydrogen (secondary N) is 2. The molecule has 0 aromatic heterocycles. The Kier molecular flexibility index (Phi) is 4.14. The standard InChI is InChI=1S/C20H16N4O2/c21-12-16-10-19-22-18(11-20(25)24(19)23-16)15-6-8-17(9-7-15)26-13-14-4-2-1-3-5-14/h1-11,16,22-23H,13H2. The first-order valence-electron chi connectivity index (χ1n) is 8.20. The Bertz CT molecular complexity index is 927. The molecule has 2 aromatic rings. The van der Waals surface area contributed by atoms with Crippen molar-refractivity contribution in [3.05, 3.63) is 83.7 Å². The van der Waals surface area contributed by atoms with Crippen molar-refractivity contribution in [2.45, 2.75) is 12.6 Å². The van der Waals surface area contributed by atoms with E-state index in [0.29, 0.717) is 18.1 Å². The number of nitriles is 1. The molecular weight excluding hydrogens is 328 g/mol. The third-order valence-corrected chi connectivity index (χ3v) is 4.14. The van der Waals surface area contributed by atoms with Crippen LogP contribution in [0.2, 0.25) is 0 Å². The Hall–Kier alpha value is -3.56. The molecule has 26 heavy (non-hydrogen) atoms. The van der Waals surface area contributed by atoms with Crippen LogP contribution >= 0.6 is 0 Å². The normalized spacial score (nSPS) is 18.3. The number of carbonyl (C=O) groups is 1. The van der Waals surface area contributed by atoms with Crippen LogP contribution in [0.15, 0.2) is 72.6 Å². The molecule has 0 radical (unpaired) electrons. The van der Waals surface area contributed by atoms with Crippen molar-refractivity contribution < 1.29 is 9.53 Å². The molecule has 6 nitrogen and oxygen atoms in total. The van der Waals surface area contributed by atoms with Crippen LogP contribution in [0.4, 0.5) is 0 Å². The van der Waals surface area contributed by atoms with Gasteiger partial charge in [-0.3, -0.25) is 4.79 Å². The van der Waals surface area contributed by atoms with E-state index in [1.54, 1.807) is 6.08 Å². The van der Waals surface area contributed by atoms with Gasteiger partial charge in [0.2, 0.25) is 0 Å². The van der Waals surface area contributed by atoms with Crippen molar-refractivity contribution in [1.82, 2.24) is 15.8 Å². The van der Waals surface area contributed by atoms with Crippen molar-refractivity contribution in [2.24, 2.45) is 0 Å². The molecule has 4 rings (SSSR count). The molecule has 1 amide bonds. The van der Waals surface area contributed by atoms with Gasteiger partial charge in [0.15, 0.2) is 0 Å². The molecule has 0 fully saturated rings. The van der Waals surface area contributed by atoms with Crippen molar-refractivity contribution in [3.8, 4) is 11.8 Å². The first kappa shape index (κ1) is 15.9. The van der Waals surface area contributed by atoms with Gasteiger partial charge in [-0.25, -0.2) is 10.4 Å². The number of ether oxygens (including phenoxy) is 1. The van der Waals surface area contributed by atoms with Crippen LogP contribution < -0.4 is 15.5 Å². The number of amides is 1. The van der Waals surface area contributed by atoms with Crippen molar-refractivity contribution in [3.63, 3.8) is 0 Å². The lowest BCUT2D eigenvalue weighted by atomic mass is 10.1. The molecule has 2 heterocycles. The minimum atomic E-state index is -0.511. The summed E-state index contributed by atoms with van der Waals surface area (Å²) in [6.45, 7) is 0.503. The average molecular weight is 344 g/mol. The molecule has 2 aromatic carbocycles. The van der Waals surface area contributed by atoms with E-state index in [1.807, 2.05) is 54.6 Å². The highest BCUT2D eigenvalue weighted by Crippen LogP contribution is 2.24. The third kappa shape index (κ3) is 3.16. The molecule has 0 aliphatic carbocycles.